The Kier molecular flexibility index (Phi) is 7.46. The van der Waals surface area contributed by atoms with E-state index in [0.717, 1.165) is 44.9 Å². The zero-order valence-electron chi connectivity index (χ0n) is 11.3. The van der Waals surface area contributed by atoms with Crippen LogP contribution in [-0.2, 0) is 19.1 Å². The second-order valence-electron chi connectivity index (χ2n) is 4.82. The molecule has 104 valence electrons. The van der Waals surface area contributed by atoms with Gasteiger partial charge in [0.15, 0.2) is 0 Å². The predicted octanol–water partition coefficient (Wildman–Crippen LogP) is 3.33. The van der Waals surface area contributed by atoms with Gasteiger partial charge in [-0.3, -0.25) is 9.59 Å². The van der Waals surface area contributed by atoms with Crippen molar-refractivity contribution >= 4 is 11.9 Å². The number of hydrogen-bond acceptors (Lipinski definition) is 4. The fourth-order valence-corrected chi connectivity index (χ4v) is 2.03. The first-order valence-electron chi connectivity index (χ1n) is 7.11. The highest BCUT2D eigenvalue weighted by atomic mass is 16.7. The largest absolute Gasteiger partial charge is 0.425 e. The van der Waals surface area contributed by atoms with Gasteiger partial charge in [0.1, 0.15) is 0 Å². The van der Waals surface area contributed by atoms with Crippen molar-refractivity contribution in [3.8, 4) is 0 Å². The summed E-state index contributed by atoms with van der Waals surface area (Å²) in [5, 5.41) is 0. The molecule has 0 aromatic heterocycles. The summed E-state index contributed by atoms with van der Waals surface area (Å²) in [7, 11) is 0. The Balaban J connectivity index is 2.49. The van der Waals surface area contributed by atoms with E-state index in [1.54, 1.807) is 0 Å². The first-order chi connectivity index (χ1) is 8.72. The van der Waals surface area contributed by atoms with Crippen molar-refractivity contribution in [1.29, 1.82) is 0 Å². The van der Waals surface area contributed by atoms with Crippen LogP contribution < -0.4 is 0 Å². The molecule has 0 unspecified atom stereocenters. The Morgan fingerprint density at radius 1 is 0.889 bits per heavy atom. The molecule has 18 heavy (non-hydrogen) atoms. The molecule has 0 bridgehead atoms. The van der Waals surface area contributed by atoms with Gasteiger partial charge in [0.05, 0.1) is 0 Å². The van der Waals surface area contributed by atoms with E-state index in [2.05, 4.69) is 0 Å². The van der Waals surface area contributed by atoms with Crippen molar-refractivity contribution in [3.63, 3.8) is 0 Å². The third-order valence-electron chi connectivity index (χ3n) is 3.06. The maximum absolute atomic E-state index is 11.6. The first-order valence-corrected chi connectivity index (χ1v) is 7.11. The maximum atomic E-state index is 11.6. The highest BCUT2D eigenvalue weighted by Crippen LogP contribution is 2.14. The number of carbonyl (C=O) groups is 2. The minimum atomic E-state index is -0.684. The average Bonchev–Trinajstić information content (AvgIpc) is 2.33. The first kappa shape index (κ1) is 15.0. The molecule has 1 rings (SSSR count). The van der Waals surface area contributed by atoms with Crippen LogP contribution in [0, 0.1) is 0 Å². The van der Waals surface area contributed by atoms with Gasteiger partial charge in [-0.05, 0) is 19.3 Å². The minimum absolute atomic E-state index is 0.250. The van der Waals surface area contributed by atoms with Gasteiger partial charge >= 0.3 is 11.9 Å². The van der Waals surface area contributed by atoms with E-state index in [-0.39, 0.29) is 11.9 Å². The molecule has 1 saturated heterocycles. The summed E-state index contributed by atoms with van der Waals surface area (Å²) >= 11 is 0. The van der Waals surface area contributed by atoms with Gasteiger partial charge < -0.3 is 9.47 Å². The van der Waals surface area contributed by atoms with E-state index in [1.165, 1.54) is 0 Å². The third kappa shape index (κ3) is 6.62. The number of rotatable bonds is 2. The number of hydrogen-bond donors (Lipinski definition) is 0. The fourth-order valence-electron chi connectivity index (χ4n) is 2.03. The van der Waals surface area contributed by atoms with Gasteiger partial charge in [-0.1, -0.05) is 32.6 Å². The zero-order chi connectivity index (χ0) is 13.2. The van der Waals surface area contributed by atoms with Crippen LogP contribution in [0.1, 0.15) is 71.1 Å². The summed E-state index contributed by atoms with van der Waals surface area (Å²) in [5.41, 5.74) is 0. The van der Waals surface area contributed by atoms with Crippen LogP contribution in [0.25, 0.3) is 0 Å². The molecule has 0 N–H and O–H groups in total. The van der Waals surface area contributed by atoms with Crippen molar-refractivity contribution in [2.45, 2.75) is 77.4 Å². The highest BCUT2D eigenvalue weighted by molar-refractivity contribution is 5.71. The van der Waals surface area contributed by atoms with E-state index >= 15 is 0 Å². The summed E-state index contributed by atoms with van der Waals surface area (Å²) in [6.45, 7) is 1.98. The van der Waals surface area contributed by atoms with Crippen LogP contribution in [-0.4, -0.2) is 18.2 Å². The van der Waals surface area contributed by atoms with Gasteiger partial charge in [0.25, 0.3) is 0 Å². The van der Waals surface area contributed by atoms with Crippen LogP contribution in [0.3, 0.4) is 0 Å². The lowest BCUT2D eigenvalue weighted by Crippen LogP contribution is -2.24. The second kappa shape index (κ2) is 8.95. The predicted molar refractivity (Wildman–Crippen MR) is 67.8 cm³/mol. The summed E-state index contributed by atoms with van der Waals surface area (Å²) in [6, 6.07) is 0. The molecule has 4 nitrogen and oxygen atoms in total. The molecule has 0 atom stereocenters. The van der Waals surface area contributed by atoms with Crippen LogP contribution in [0.2, 0.25) is 0 Å². The number of carbonyl (C=O) groups excluding carboxylic acids is 2. The number of ether oxygens (including phenoxy) is 2. The van der Waals surface area contributed by atoms with E-state index in [0.29, 0.717) is 19.3 Å². The molecule has 0 radical (unpaired) electrons. The molecule has 4 heteroatoms. The van der Waals surface area contributed by atoms with Crippen molar-refractivity contribution in [1.82, 2.24) is 0 Å². The Morgan fingerprint density at radius 3 is 1.78 bits per heavy atom. The molecule has 0 aliphatic carbocycles. The lowest BCUT2D eigenvalue weighted by Gasteiger charge is -2.17. The van der Waals surface area contributed by atoms with Crippen molar-refractivity contribution in [2.75, 3.05) is 0 Å². The Bertz CT molecular complexity index is 239. The summed E-state index contributed by atoms with van der Waals surface area (Å²) in [6.07, 6.45) is 7.68. The topological polar surface area (TPSA) is 52.6 Å². The molecule has 1 aliphatic heterocycles. The van der Waals surface area contributed by atoms with E-state index in [9.17, 15) is 9.59 Å². The monoisotopic (exact) mass is 256 g/mol. The third-order valence-corrected chi connectivity index (χ3v) is 3.06. The van der Waals surface area contributed by atoms with Crippen molar-refractivity contribution in [2.24, 2.45) is 0 Å². The van der Waals surface area contributed by atoms with Gasteiger partial charge in [0.2, 0.25) is 6.29 Å². The average molecular weight is 256 g/mol. The molecule has 1 fully saturated rings. The quantitative estimate of drug-likeness (QED) is 0.711. The van der Waals surface area contributed by atoms with Gasteiger partial charge in [0, 0.05) is 19.3 Å². The molecular weight excluding hydrogens is 232 g/mol. The van der Waals surface area contributed by atoms with E-state index in [4.69, 9.17) is 9.47 Å². The van der Waals surface area contributed by atoms with Crippen molar-refractivity contribution in [3.05, 3.63) is 0 Å². The molecule has 1 aliphatic rings. The molecule has 0 amide bonds. The van der Waals surface area contributed by atoms with Gasteiger partial charge in [-0.25, -0.2) is 0 Å². The van der Waals surface area contributed by atoms with E-state index in [1.807, 2.05) is 6.92 Å². The molecule has 0 saturated carbocycles. The van der Waals surface area contributed by atoms with Crippen LogP contribution >= 0.6 is 0 Å². The highest BCUT2D eigenvalue weighted by Gasteiger charge is 2.18. The Hall–Kier alpha value is -1.06. The Labute approximate surface area is 109 Å². The molecule has 0 spiro atoms. The van der Waals surface area contributed by atoms with Crippen molar-refractivity contribution < 1.29 is 19.1 Å². The molecule has 1 heterocycles. The normalized spacial score (nSPS) is 21.2. The van der Waals surface area contributed by atoms with Gasteiger partial charge in [-0.2, -0.15) is 0 Å². The summed E-state index contributed by atoms with van der Waals surface area (Å²) < 4.78 is 10.4. The molecule has 0 aromatic carbocycles. The fraction of sp³-hybridized carbons (Fsp3) is 0.857. The number of cyclic esters (lactones) is 2. The SMILES string of the molecule is CCCC1OC(=O)CCCCCCCCC(=O)O1. The second-order valence-corrected chi connectivity index (χ2v) is 4.82. The standard InChI is InChI=1S/C14H24O4/c1-2-9-14-17-12(15)10-7-5-3-4-6-8-11-13(16)18-14/h14H,2-11H2,1H3. The smallest absolute Gasteiger partial charge is 0.308 e. The zero-order valence-corrected chi connectivity index (χ0v) is 11.3. The lowest BCUT2D eigenvalue weighted by atomic mass is 10.1. The lowest BCUT2D eigenvalue weighted by molar-refractivity contribution is -0.189. The van der Waals surface area contributed by atoms with Crippen LogP contribution in [0.4, 0.5) is 0 Å². The summed E-state index contributed by atoms with van der Waals surface area (Å²) in [4.78, 5) is 23.1. The summed E-state index contributed by atoms with van der Waals surface area (Å²) in [5.74, 6) is -0.499. The minimum Gasteiger partial charge on any atom is -0.425 e. The molecular formula is C14H24O4. The number of esters is 2. The van der Waals surface area contributed by atoms with Crippen LogP contribution in [0.5, 0.6) is 0 Å². The van der Waals surface area contributed by atoms with Gasteiger partial charge in [-0.15, -0.1) is 0 Å². The maximum Gasteiger partial charge on any atom is 0.308 e. The van der Waals surface area contributed by atoms with E-state index < -0.39 is 6.29 Å². The molecule has 0 aromatic rings. The van der Waals surface area contributed by atoms with Crippen LogP contribution in [0.15, 0.2) is 0 Å². The Morgan fingerprint density at radius 2 is 1.33 bits per heavy atom.